The molecule has 0 spiro atoms. The van der Waals surface area contributed by atoms with E-state index in [2.05, 4.69) is 10.00 Å². The van der Waals surface area contributed by atoms with Crippen LogP contribution in [0.3, 0.4) is 0 Å². The Morgan fingerprint density at radius 3 is 2.63 bits per heavy atom. The number of carbonyl (C=O) groups is 1. The number of rotatable bonds is 9. The topological polar surface area (TPSA) is 63.5 Å². The first-order valence-corrected chi connectivity index (χ1v) is 10.8. The van der Waals surface area contributed by atoms with Crippen molar-refractivity contribution in [3.05, 3.63) is 36.2 Å². The van der Waals surface area contributed by atoms with Crippen LogP contribution in [0.4, 0.5) is 5.13 Å². The lowest BCUT2D eigenvalue weighted by molar-refractivity contribution is 0.0980. The van der Waals surface area contributed by atoms with Gasteiger partial charge in [-0.2, -0.15) is 5.10 Å². The van der Waals surface area contributed by atoms with Crippen molar-refractivity contribution in [1.82, 2.24) is 19.7 Å². The Morgan fingerprint density at radius 2 is 2.00 bits per heavy atom. The minimum absolute atomic E-state index is 0. The zero-order chi connectivity index (χ0) is 21.0. The number of anilines is 1. The van der Waals surface area contributed by atoms with Gasteiger partial charge in [0.15, 0.2) is 10.8 Å². The summed E-state index contributed by atoms with van der Waals surface area (Å²) in [5, 5.41) is 5.15. The minimum Gasteiger partial charge on any atom is -0.494 e. The Hall–Kier alpha value is -2.16. The van der Waals surface area contributed by atoms with Crippen LogP contribution in [0.15, 0.2) is 30.5 Å². The van der Waals surface area contributed by atoms with Gasteiger partial charge in [0.05, 0.1) is 16.8 Å². The van der Waals surface area contributed by atoms with Gasteiger partial charge in [-0.25, -0.2) is 4.98 Å². The molecule has 0 atom stereocenters. The molecule has 7 nitrogen and oxygen atoms in total. The summed E-state index contributed by atoms with van der Waals surface area (Å²) in [5.74, 6) is 0.698. The molecular formula is C21H30ClN5O2S. The second-order valence-corrected chi connectivity index (χ2v) is 8.46. The summed E-state index contributed by atoms with van der Waals surface area (Å²) in [4.78, 5) is 21.9. The third kappa shape index (κ3) is 5.71. The van der Waals surface area contributed by atoms with Gasteiger partial charge in [-0.1, -0.05) is 11.3 Å². The van der Waals surface area contributed by atoms with Gasteiger partial charge in [0.25, 0.3) is 5.91 Å². The highest BCUT2D eigenvalue weighted by atomic mass is 35.5. The van der Waals surface area contributed by atoms with E-state index in [-0.39, 0.29) is 24.4 Å². The quantitative estimate of drug-likeness (QED) is 0.479. The van der Waals surface area contributed by atoms with Crippen LogP contribution in [0, 0.1) is 0 Å². The van der Waals surface area contributed by atoms with E-state index >= 15 is 0 Å². The van der Waals surface area contributed by atoms with E-state index in [1.807, 2.05) is 59.3 Å². The standard InChI is InChI=1S/C21H29N5O2S.ClH/c1-6-28-16-8-9-17-19(14-16)29-21(22-17)25(12-7-11-24(4)5)20(27)18-10-13-26(23-18)15(2)3;/h8-10,13-15H,6-7,11-12H2,1-5H3;1H. The maximum atomic E-state index is 13.3. The van der Waals surface area contributed by atoms with Gasteiger partial charge in [0.2, 0.25) is 0 Å². The summed E-state index contributed by atoms with van der Waals surface area (Å²) >= 11 is 1.51. The number of fused-ring (bicyclic) bond motifs is 1. The first kappa shape index (κ1) is 24.1. The molecule has 0 aliphatic heterocycles. The van der Waals surface area contributed by atoms with Crippen LogP contribution in [0.5, 0.6) is 5.75 Å². The van der Waals surface area contributed by atoms with Gasteiger partial charge in [0.1, 0.15) is 5.75 Å². The average molecular weight is 452 g/mol. The van der Waals surface area contributed by atoms with Crippen LogP contribution in [0.25, 0.3) is 10.2 Å². The average Bonchev–Trinajstić information content (AvgIpc) is 3.31. The second-order valence-electron chi connectivity index (χ2n) is 7.45. The number of halogens is 1. The molecule has 0 aliphatic carbocycles. The predicted molar refractivity (Wildman–Crippen MR) is 125 cm³/mol. The summed E-state index contributed by atoms with van der Waals surface area (Å²) in [6.45, 7) is 8.14. The number of carbonyl (C=O) groups excluding carboxylic acids is 1. The summed E-state index contributed by atoms with van der Waals surface area (Å²) in [5.41, 5.74) is 1.31. The molecule has 2 heterocycles. The van der Waals surface area contributed by atoms with Gasteiger partial charge in [-0.3, -0.25) is 14.4 Å². The van der Waals surface area contributed by atoms with E-state index in [0.717, 1.165) is 28.9 Å². The SMILES string of the molecule is CCOc1ccc2nc(N(CCCN(C)C)C(=O)c3ccn(C(C)C)n3)sc2c1.Cl. The monoisotopic (exact) mass is 451 g/mol. The highest BCUT2D eigenvalue weighted by Crippen LogP contribution is 2.32. The zero-order valence-corrected chi connectivity index (χ0v) is 19.8. The van der Waals surface area contributed by atoms with Crippen LogP contribution in [-0.2, 0) is 0 Å². The van der Waals surface area contributed by atoms with Crippen molar-refractivity contribution in [3.63, 3.8) is 0 Å². The Kier molecular flexibility index (Phi) is 8.64. The van der Waals surface area contributed by atoms with E-state index in [4.69, 9.17) is 9.72 Å². The summed E-state index contributed by atoms with van der Waals surface area (Å²) < 4.78 is 8.40. The minimum atomic E-state index is -0.118. The summed E-state index contributed by atoms with van der Waals surface area (Å²) in [6.07, 6.45) is 2.70. The normalized spacial score (nSPS) is 11.2. The molecule has 9 heteroatoms. The molecule has 30 heavy (non-hydrogen) atoms. The van der Waals surface area contributed by atoms with Crippen molar-refractivity contribution < 1.29 is 9.53 Å². The van der Waals surface area contributed by atoms with Crippen LogP contribution < -0.4 is 9.64 Å². The van der Waals surface area contributed by atoms with Gasteiger partial charge < -0.3 is 9.64 Å². The van der Waals surface area contributed by atoms with E-state index in [9.17, 15) is 4.79 Å². The molecule has 0 N–H and O–H groups in total. The summed E-state index contributed by atoms with van der Waals surface area (Å²) in [6, 6.07) is 7.82. The number of ether oxygens (including phenoxy) is 1. The van der Waals surface area contributed by atoms with Crippen LogP contribution in [0.2, 0.25) is 0 Å². The number of amides is 1. The van der Waals surface area contributed by atoms with Crippen LogP contribution in [-0.4, -0.2) is 59.4 Å². The molecular weight excluding hydrogens is 422 g/mol. The maximum absolute atomic E-state index is 13.3. The molecule has 0 radical (unpaired) electrons. The number of nitrogens with zero attached hydrogens (tertiary/aromatic N) is 5. The highest BCUT2D eigenvalue weighted by molar-refractivity contribution is 7.22. The van der Waals surface area contributed by atoms with E-state index in [1.54, 1.807) is 15.6 Å². The molecule has 3 aromatic rings. The van der Waals surface area contributed by atoms with Crippen molar-refractivity contribution in [2.45, 2.75) is 33.2 Å². The number of hydrogen-bond donors (Lipinski definition) is 0. The smallest absolute Gasteiger partial charge is 0.280 e. The largest absolute Gasteiger partial charge is 0.494 e. The lowest BCUT2D eigenvalue weighted by atomic mass is 10.3. The fraction of sp³-hybridized carbons (Fsp3) is 0.476. The predicted octanol–water partition coefficient (Wildman–Crippen LogP) is 4.49. The van der Waals surface area contributed by atoms with Gasteiger partial charge in [0, 0.05) is 18.8 Å². The van der Waals surface area contributed by atoms with Crippen molar-refractivity contribution in [2.75, 3.05) is 38.7 Å². The zero-order valence-electron chi connectivity index (χ0n) is 18.2. The highest BCUT2D eigenvalue weighted by Gasteiger charge is 2.23. The molecule has 0 saturated carbocycles. The molecule has 1 aromatic carbocycles. The van der Waals surface area contributed by atoms with Gasteiger partial charge in [-0.15, -0.1) is 12.4 Å². The van der Waals surface area contributed by atoms with Crippen LogP contribution in [0.1, 0.15) is 43.7 Å². The Bertz CT molecular complexity index is 969. The van der Waals surface area contributed by atoms with E-state index in [0.29, 0.717) is 24.0 Å². The number of thiazole rings is 1. The lowest BCUT2D eigenvalue weighted by Crippen LogP contribution is -2.33. The molecule has 0 bridgehead atoms. The first-order chi connectivity index (χ1) is 13.9. The molecule has 1 amide bonds. The Labute approximate surface area is 188 Å². The van der Waals surface area contributed by atoms with Crippen molar-refractivity contribution in [1.29, 1.82) is 0 Å². The first-order valence-electron chi connectivity index (χ1n) is 9.94. The fourth-order valence-electron chi connectivity index (χ4n) is 2.97. The molecule has 2 aromatic heterocycles. The Balaban J connectivity index is 0.00000320. The third-order valence-electron chi connectivity index (χ3n) is 4.48. The molecule has 164 valence electrons. The van der Waals surface area contributed by atoms with Gasteiger partial charge in [-0.05, 0) is 72.1 Å². The van der Waals surface area contributed by atoms with Crippen molar-refractivity contribution in [2.24, 2.45) is 0 Å². The molecule has 0 unspecified atom stereocenters. The van der Waals surface area contributed by atoms with Gasteiger partial charge >= 0.3 is 0 Å². The van der Waals surface area contributed by atoms with Crippen LogP contribution >= 0.6 is 23.7 Å². The lowest BCUT2D eigenvalue weighted by Gasteiger charge is -2.20. The molecule has 3 rings (SSSR count). The number of hydrogen-bond acceptors (Lipinski definition) is 6. The summed E-state index contributed by atoms with van der Waals surface area (Å²) in [7, 11) is 4.06. The maximum Gasteiger partial charge on any atom is 0.280 e. The molecule has 0 fully saturated rings. The second kappa shape index (κ2) is 10.7. The molecule has 0 saturated heterocycles. The van der Waals surface area contributed by atoms with E-state index < -0.39 is 0 Å². The number of benzene rings is 1. The van der Waals surface area contributed by atoms with Crippen molar-refractivity contribution >= 4 is 45.0 Å². The number of aromatic nitrogens is 3. The fourth-order valence-corrected chi connectivity index (χ4v) is 3.99. The van der Waals surface area contributed by atoms with Crippen molar-refractivity contribution in [3.8, 4) is 5.75 Å². The van der Waals surface area contributed by atoms with E-state index in [1.165, 1.54) is 11.3 Å². The Morgan fingerprint density at radius 1 is 1.23 bits per heavy atom. The third-order valence-corrected chi connectivity index (χ3v) is 5.52. The molecule has 0 aliphatic rings.